The minimum absolute atomic E-state index is 0.113. The van der Waals surface area contributed by atoms with Crippen molar-refractivity contribution in [1.29, 1.82) is 0 Å². The standard InChI is InChI=1S/C21H38O4/c1-4-6-8-10-11-12-14-18-24-20(22)16-17-21(23)25-19(3)15-13-9-7-5-2/h16-17,19H,4-15,18H2,1-3H3/b17-16+. The first-order valence-corrected chi connectivity index (χ1v) is 10.2. The van der Waals surface area contributed by atoms with Crippen molar-refractivity contribution in [3.8, 4) is 0 Å². The Morgan fingerprint density at radius 3 is 1.92 bits per heavy atom. The highest BCUT2D eigenvalue weighted by molar-refractivity contribution is 5.91. The fraction of sp³-hybridized carbons (Fsp3) is 0.810. The van der Waals surface area contributed by atoms with Crippen molar-refractivity contribution in [2.75, 3.05) is 6.61 Å². The van der Waals surface area contributed by atoms with Gasteiger partial charge in [-0.3, -0.25) is 0 Å². The Bertz CT molecular complexity index is 363. The van der Waals surface area contributed by atoms with Gasteiger partial charge in [0.1, 0.15) is 0 Å². The first-order chi connectivity index (χ1) is 12.1. The topological polar surface area (TPSA) is 52.6 Å². The van der Waals surface area contributed by atoms with Crippen molar-refractivity contribution >= 4 is 11.9 Å². The van der Waals surface area contributed by atoms with Crippen molar-refractivity contribution in [2.45, 2.75) is 104 Å². The number of hydrogen-bond donors (Lipinski definition) is 0. The average molecular weight is 355 g/mol. The van der Waals surface area contributed by atoms with Crippen LogP contribution in [0.25, 0.3) is 0 Å². The van der Waals surface area contributed by atoms with Crippen LogP contribution in [0.4, 0.5) is 0 Å². The molecule has 1 atom stereocenters. The number of hydrogen-bond acceptors (Lipinski definition) is 4. The third-order valence-corrected chi connectivity index (χ3v) is 4.13. The Morgan fingerprint density at radius 2 is 1.28 bits per heavy atom. The summed E-state index contributed by atoms with van der Waals surface area (Å²) in [5, 5.41) is 0. The lowest BCUT2D eigenvalue weighted by molar-refractivity contribution is -0.143. The van der Waals surface area contributed by atoms with Crippen LogP contribution in [0.3, 0.4) is 0 Å². The Labute approximate surface area is 154 Å². The van der Waals surface area contributed by atoms with Gasteiger partial charge >= 0.3 is 11.9 Å². The minimum Gasteiger partial charge on any atom is -0.463 e. The van der Waals surface area contributed by atoms with Gasteiger partial charge in [0, 0.05) is 12.2 Å². The Balaban J connectivity index is 3.64. The molecule has 4 nitrogen and oxygen atoms in total. The minimum atomic E-state index is -0.476. The van der Waals surface area contributed by atoms with E-state index in [9.17, 15) is 9.59 Å². The number of ether oxygens (including phenoxy) is 2. The van der Waals surface area contributed by atoms with E-state index in [1.807, 2.05) is 6.92 Å². The smallest absolute Gasteiger partial charge is 0.331 e. The Kier molecular flexibility index (Phi) is 16.6. The molecular formula is C21H38O4. The summed E-state index contributed by atoms with van der Waals surface area (Å²) in [4.78, 5) is 23.2. The number of rotatable bonds is 16. The molecule has 0 aliphatic heterocycles. The van der Waals surface area contributed by atoms with E-state index in [0.717, 1.165) is 37.8 Å². The predicted octanol–water partition coefficient (Wildman–Crippen LogP) is 5.74. The molecule has 0 heterocycles. The fourth-order valence-corrected chi connectivity index (χ4v) is 2.57. The van der Waals surface area contributed by atoms with E-state index in [4.69, 9.17) is 9.47 Å². The molecule has 25 heavy (non-hydrogen) atoms. The van der Waals surface area contributed by atoms with Crippen LogP contribution < -0.4 is 0 Å². The van der Waals surface area contributed by atoms with Gasteiger partial charge in [-0.1, -0.05) is 71.6 Å². The van der Waals surface area contributed by atoms with Gasteiger partial charge in [0.2, 0.25) is 0 Å². The zero-order valence-electron chi connectivity index (χ0n) is 16.6. The van der Waals surface area contributed by atoms with Gasteiger partial charge in [-0.05, 0) is 26.2 Å². The van der Waals surface area contributed by atoms with E-state index in [1.165, 1.54) is 51.4 Å². The van der Waals surface area contributed by atoms with E-state index in [2.05, 4.69) is 13.8 Å². The van der Waals surface area contributed by atoms with Crippen molar-refractivity contribution in [3.05, 3.63) is 12.2 Å². The molecule has 0 radical (unpaired) electrons. The highest BCUT2D eigenvalue weighted by Gasteiger charge is 2.07. The summed E-state index contributed by atoms with van der Waals surface area (Å²) in [5.41, 5.74) is 0. The summed E-state index contributed by atoms with van der Waals surface area (Å²) in [7, 11) is 0. The molecule has 0 spiro atoms. The third kappa shape index (κ3) is 17.3. The molecule has 146 valence electrons. The monoisotopic (exact) mass is 354 g/mol. The highest BCUT2D eigenvalue weighted by atomic mass is 16.5. The molecule has 0 amide bonds. The molecule has 0 aromatic rings. The van der Waals surface area contributed by atoms with Gasteiger partial charge in [0.15, 0.2) is 0 Å². The van der Waals surface area contributed by atoms with Gasteiger partial charge in [0.25, 0.3) is 0 Å². The number of carbonyl (C=O) groups is 2. The quantitative estimate of drug-likeness (QED) is 0.201. The molecule has 0 rings (SSSR count). The molecule has 0 aromatic carbocycles. The van der Waals surface area contributed by atoms with Crippen LogP contribution in [0.1, 0.15) is 97.8 Å². The first kappa shape index (κ1) is 23.7. The number of carbonyl (C=O) groups excluding carboxylic acids is 2. The van der Waals surface area contributed by atoms with Crippen molar-refractivity contribution in [2.24, 2.45) is 0 Å². The van der Waals surface area contributed by atoms with Crippen molar-refractivity contribution < 1.29 is 19.1 Å². The maximum absolute atomic E-state index is 11.6. The molecular weight excluding hydrogens is 316 g/mol. The van der Waals surface area contributed by atoms with E-state index in [-0.39, 0.29) is 6.10 Å². The first-order valence-electron chi connectivity index (χ1n) is 10.2. The van der Waals surface area contributed by atoms with E-state index in [0.29, 0.717) is 6.61 Å². The van der Waals surface area contributed by atoms with E-state index in [1.54, 1.807) is 0 Å². The summed E-state index contributed by atoms with van der Waals surface area (Å²) < 4.78 is 10.3. The summed E-state index contributed by atoms with van der Waals surface area (Å²) in [6.45, 7) is 6.67. The zero-order valence-corrected chi connectivity index (χ0v) is 16.6. The van der Waals surface area contributed by atoms with Crippen LogP contribution in [-0.4, -0.2) is 24.6 Å². The molecule has 0 bridgehead atoms. The Morgan fingerprint density at radius 1 is 0.760 bits per heavy atom. The zero-order chi connectivity index (χ0) is 18.8. The van der Waals surface area contributed by atoms with Gasteiger partial charge < -0.3 is 9.47 Å². The third-order valence-electron chi connectivity index (χ3n) is 4.13. The molecule has 0 N–H and O–H groups in total. The number of unbranched alkanes of at least 4 members (excludes halogenated alkanes) is 9. The summed E-state index contributed by atoms with van der Waals surface area (Å²) >= 11 is 0. The normalized spacial score (nSPS) is 12.3. The lowest BCUT2D eigenvalue weighted by Crippen LogP contribution is -2.13. The van der Waals surface area contributed by atoms with Gasteiger partial charge in [-0.15, -0.1) is 0 Å². The lowest BCUT2D eigenvalue weighted by Gasteiger charge is -2.11. The van der Waals surface area contributed by atoms with Crippen molar-refractivity contribution in [1.82, 2.24) is 0 Å². The van der Waals surface area contributed by atoms with Crippen molar-refractivity contribution in [3.63, 3.8) is 0 Å². The van der Waals surface area contributed by atoms with Crippen LogP contribution in [-0.2, 0) is 19.1 Å². The van der Waals surface area contributed by atoms with Gasteiger partial charge in [-0.2, -0.15) is 0 Å². The van der Waals surface area contributed by atoms with Gasteiger partial charge in [0.05, 0.1) is 12.7 Å². The highest BCUT2D eigenvalue weighted by Crippen LogP contribution is 2.08. The molecule has 0 saturated heterocycles. The predicted molar refractivity (Wildman–Crippen MR) is 102 cm³/mol. The van der Waals surface area contributed by atoms with Crippen LogP contribution >= 0.6 is 0 Å². The largest absolute Gasteiger partial charge is 0.463 e. The van der Waals surface area contributed by atoms with E-state index >= 15 is 0 Å². The lowest BCUT2D eigenvalue weighted by atomic mass is 10.1. The fourth-order valence-electron chi connectivity index (χ4n) is 2.57. The summed E-state index contributed by atoms with van der Waals surface area (Å²) in [6, 6.07) is 0. The molecule has 0 aliphatic carbocycles. The molecule has 0 fully saturated rings. The van der Waals surface area contributed by atoms with Crippen LogP contribution in [0.5, 0.6) is 0 Å². The second-order valence-electron chi connectivity index (χ2n) is 6.72. The Hall–Kier alpha value is -1.32. The molecule has 0 saturated carbocycles. The molecule has 0 aliphatic rings. The summed E-state index contributed by atoms with van der Waals surface area (Å²) in [6.07, 6.45) is 16.0. The van der Waals surface area contributed by atoms with Crippen LogP contribution in [0.2, 0.25) is 0 Å². The summed E-state index contributed by atoms with van der Waals surface area (Å²) in [5.74, 6) is -0.950. The molecule has 4 heteroatoms. The molecule has 0 aromatic heterocycles. The number of esters is 2. The van der Waals surface area contributed by atoms with Crippen LogP contribution in [0.15, 0.2) is 12.2 Å². The second-order valence-corrected chi connectivity index (χ2v) is 6.72. The average Bonchev–Trinajstić information content (AvgIpc) is 2.59. The molecule has 1 unspecified atom stereocenters. The van der Waals surface area contributed by atoms with Crippen LogP contribution in [0, 0.1) is 0 Å². The van der Waals surface area contributed by atoms with E-state index < -0.39 is 11.9 Å². The van der Waals surface area contributed by atoms with Gasteiger partial charge in [-0.25, -0.2) is 9.59 Å². The maximum Gasteiger partial charge on any atom is 0.331 e. The maximum atomic E-state index is 11.6. The second kappa shape index (κ2) is 17.5. The SMILES string of the molecule is CCCCCCCCCOC(=O)/C=C/C(=O)OC(C)CCCCCC.